The van der Waals surface area contributed by atoms with E-state index in [0.29, 0.717) is 12.1 Å². The third-order valence-corrected chi connectivity index (χ3v) is 6.28. The van der Waals surface area contributed by atoms with Gasteiger partial charge >= 0.3 is 0 Å². The quantitative estimate of drug-likeness (QED) is 0.849. The van der Waals surface area contributed by atoms with Crippen molar-refractivity contribution < 1.29 is 9.47 Å². The minimum Gasteiger partial charge on any atom is -0.493 e. The van der Waals surface area contributed by atoms with Gasteiger partial charge in [-0.15, -0.1) is 0 Å². The number of fused-ring (bicyclic) bond motifs is 2. The van der Waals surface area contributed by atoms with Crippen molar-refractivity contribution in [2.45, 2.75) is 51.2 Å². The molecule has 0 amide bonds. The van der Waals surface area contributed by atoms with Gasteiger partial charge in [-0.05, 0) is 37.0 Å². The smallest absolute Gasteiger partial charge is 0.122 e. The minimum atomic E-state index is 0.393. The van der Waals surface area contributed by atoms with Crippen LogP contribution in [-0.2, 0) is 24.1 Å². The molecule has 0 radical (unpaired) electrons. The summed E-state index contributed by atoms with van der Waals surface area (Å²) >= 11 is 0. The summed E-state index contributed by atoms with van der Waals surface area (Å²) in [4.78, 5) is 2.56. The summed E-state index contributed by atoms with van der Waals surface area (Å²) in [6, 6.07) is 7.68. The number of nitrogens with zero attached hydrogens (tertiary/aromatic N) is 3. The molecule has 1 aromatic heterocycles. The van der Waals surface area contributed by atoms with Crippen LogP contribution in [0, 0.1) is 0 Å². The van der Waals surface area contributed by atoms with E-state index in [1.807, 2.05) is 0 Å². The topological polar surface area (TPSA) is 39.5 Å². The van der Waals surface area contributed by atoms with Crippen LogP contribution in [0.2, 0.25) is 0 Å². The highest BCUT2D eigenvalue weighted by atomic mass is 16.5. The van der Waals surface area contributed by atoms with Crippen molar-refractivity contribution in [2.75, 3.05) is 26.4 Å². The summed E-state index contributed by atoms with van der Waals surface area (Å²) in [6.45, 7) is 6.93. The Kier molecular flexibility index (Phi) is 4.21. The summed E-state index contributed by atoms with van der Waals surface area (Å²) in [5.74, 6) is 1.08. The first-order valence-electron chi connectivity index (χ1n) is 9.92. The van der Waals surface area contributed by atoms with Crippen molar-refractivity contribution in [3.05, 3.63) is 46.8 Å². The van der Waals surface area contributed by atoms with E-state index < -0.39 is 0 Å². The molecule has 0 aliphatic carbocycles. The summed E-state index contributed by atoms with van der Waals surface area (Å²) in [6.07, 6.45) is 6.39. The Bertz CT molecular complexity index is 795. The Morgan fingerprint density at radius 3 is 2.88 bits per heavy atom. The summed E-state index contributed by atoms with van der Waals surface area (Å²) in [5, 5.41) is 4.75. The Morgan fingerprint density at radius 2 is 2.00 bits per heavy atom. The highest BCUT2D eigenvalue weighted by Crippen LogP contribution is 2.34. The zero-order valence-corrected chi connectivity index (χ0v) is 15.5. The SMILES string of the molecule is CC(c1ccc2c(c1)OCC2)N1CCc2c(cnn2C2CCOCC2)C1. The molecule has 26 heavy (non-hydrogen) atoms. The second-order valence-electron chi connectivity index (χ2n) is 7.77. The van der Waals surface area contributed by atoms with Crippen LogP contribution in [0.5, 0.6) is 5.75 Å². The molecule has 5 heteroatoms. The molecule has 5 rings (SSSR count). The van der Waals surface area contributed by atoms with Crippen LogP contribution >= 0.6 is 0 Å². The number of aromatic nitrogens is 2. The van der Waals surface area contributed by atoms with Crippen molar-refractivity contribution >= 4 is 0 Å². The monoisotopic (exact) mass is 353 g/mol. The van der Waals surface area contributed by atoms with Gasteiger partial charge in [0.1, 0.15) is 5.75 Å². The zero-order chi connectivity index (χ0) is 17.5. The number of hydrogen-bond donors (Lipinski definition) is 0. The standard InChI is InChI=1S/C21H27N3O2/c1-15(17-3-2-16-5-11-26-21(16)12-17)23-8-4-20-18(14-23)13-22-24(20)19-6-9-25-10-7-19/h2-3,12-13,15,19H,4-11,14H2,1H3. The van der Waals surface area contributed by atoms with Gasteiger partial charge in [0.05, 0.1) is 18.8 Å². The zero-order valence-electron chi connectivity index (χ0n) is 15.5. The average molecular weight is 353 g/mol. The average Bonchev–Trinajstić information content (AvgIpc) is 3.33. The van der Waals surface area contributed by atoms with Crippen LogP contribution in [0.4, 0.5) is 0 Å². The van der Waals surface area contributed by atoms with E-state index in [2.05, 4.69) is 40.9 Å². The van der Waals surface area contributed by atoms with E-state index in [1.54, 1.807) is 0 Å². The van der Waals surface area contributed by atoms with Crippen LogP contribution in [-0.4, -0.2) is 41.0 Å². The molecule has 1 aromatic carbocycles. The largest absolute Gasteiger partial charge is 0.493 e. The molecule has 2 aromatic rings. The number of hydrogen-bond acceptors (Lipinski definition) is 4. The Labute approximate surface area is 154 Å². The predicted molar refractivity (Wildman–Crippen MR) is 99.5 cm³/mol. The predicted octanol–water partition coefficient (Wildman–Crippen LogP) is 3.29. The molecule has 1 unspecified atom stereocenters. The molecule has 5 nitrogen and oxygen atoms in total. The fourth-order valence-electron chi connectivity index (χ4n) is 4.61. The molecule has 0 bridgehead atoms. The summed E-state index contributed by atoms with van der Waals surface area (Å²) in [5.41, 5.74) is 5.54. The van der Waals surface area contributed by atoms with Gasteiger partial charge in [-0.2, -0.15) is 5.10 Å². The lowest BCUT2D eigenvalue weighted by Gasteiger charge is -2.34. The van der Waals surface area contributed by atoms with E-state index in [0.717, 1.165) is 64.3 Å². The lowest BCUT2D eigenvalue weighted by atomic mass is 9.99. The Hall–Kier alpha value is -1.85. The van der Waals surface area contributed by atoms with Gasteiger partial charge in [0.25, 0.3) is 0 Å². The molecule has 1 saturated heterocycles. The lowest BCUT2D eigenvalue weighted by molar-refractivity contribution is 0.0648. The van der Waals surface area contributed by atoms with E-state index >= 15 is 0 Å². The molecule has 1 atom stereocenters. The Balaban J connectivity index is 1.33. The molecule has 0 spiro atoms. The highest BCUT2D eigenvalue weighted by Gasteiger charge is 2.28. The number of benzene rings is 1. The van der Waals surface area contributed by atoms with Gasteiger partial charge in [-0.25, -0.2) is 0 Å². The molecule has 4 heterocycles. The molecule has 0 N–H and O–H groups in total. The van der Waals surface area contributed by atoms with Gasteiger partial charge in [-0.1, -0.05) is 12.1 Å². The number of rotatable bonds is 3. The van der Waals surface area contributed by atoms with Crippen LogP contribution in [0.1, 0.15) is 54.2 Å². The normalized spacial score (nSPS) is 21.9. The lowest BCUT2D eigenvalue weighted by Crippen LogP contribution is -2.34. The van der Waals surface area contributed by atoms with E-state index in [-0.39, 0.29) is 0 Å². The molecule has 3 aliphatic heterocycles. The van der Waals surface area contributed by atoms with Gasteiger partial charge in [0, 0.05) is 56.4 Å². The second kappa shape index (κ2) is 6.71. The van der Waals surface area contributed by atoms with Crippen LogP contribution in [0.15, 0.2) is 24.4 Å². The maximum atomic E-state index is 5.76. The Morgan fingerprint density at radius 1 is 1.12 bits per heavy atom. The van der Waals surface area contributed by atoms with Crippen molar-refractivity contribution in [1.29, 1.82) is 0 Å². The van der Waals surface area contributed by atoms with Crippen LogP contribution in [0.3, 0.4) is 0 Å². The summed E-state index contributed by atoms with van der Waals surface area (Å²) in [7, 11) is 0. The van der Waals surface area contributed by atoms with Crippen LogP contribution < -0.4 is 4.74 Å². The first-order chi connectivity index (χ1) is 12.8. The fraction of sp³-hybridized carbons (Fsp3) is 0.571. The van der Waals surface area contributed by atoms with Crippen molar-refractivity contribution in [3.8, 4) is 5.75 Å². The van der Waals surface area contributed by atoms with Crippen molar-refractivity contribution in [1.82, 2.24) is 14.7 Å². The van der Waals surface area contributed by atoms with E-state index in [1.165, 1.54) is 22.4 Å². The van der Waals surface area contributed by atoms with Crippen molar-refractivity contribution in [2.24, 2.45) is 0 Å². The molecular formula is C21H27N3O2. The molecular weight excluding hydrogens is 326 g/mol. The molecule has 138 valence electrons. The van der Waals surface area contributed by atoms with E-state index in [4.69, 9.17) is 14.6 Å². The first-order valence-corrected chi connectivity index (χ1v) is 9.92. The van der Waals surface area contributed by atoms with E-state index in [9.17, 15) is 0 Å². The van der Waals surface area contributed by atoms with Crippen LogP contribution in [0.25, 0.3) is 0 Å². The molecule has 1 fully saturated rings. The number of ether oxygens (including phenoxy) is 2. The van der Waals surface area contributed by atoms with Gasteiger partial charge in [-0.3, -0.25) is 9.58 Å². The first kappa shape index (κ1) is 16.3. The molecule has 0 saturated carbocycles. The molecule has 3 aliphatic rings. The summed E-state index contributed by atoms with van der Waals surface area (Å²) < 4.78 is 13.6. The fourth-order valence-corrected chi connectivity index (χ4v) is 4.61. The van der Waals surface area contributed by atoms with Crippen molar-refractivity contribution in [3.63, 3.8) is 0 Å². The minimum absolute atomic E-state index is 0.393. The second-order valence-corrected chi connectivity index (χ2v) is 7.77. The van der Waals surface area contributed by atoms with Gasteiger partial charge in [0.2, 0.25) is 0 Å². The maximum Gasteiger partial charge on any atom is 0.122 e. The van der Waals surface area contributed by atoms with Gasteiger partial charge < -0.3 is 9.47 Å². The third-order valence-electron chi connectivity index (χ3n) is 6.28. The maximum absolute atomic E-state index is 5.76. The van der Waals surface area contributed by atoms with Gasteiger partial charge in [0.15, 0.2) is 0 Å². The third kappa shape index (κ3) is 2.83. The highest BCUT2D eigenvalue weighted by molar-refractivity contribution is 5.41.